The predicted molar refractivity (Wildman–Crippen MR) is 73.6 cm³/mol. The van der Waals surface area contributed by atoms with E-state index in [0.29, 0.717) is 5.88 Å². The number of imidazole rings is 1. The van der Waals surface area contributed by atoms with Crippen LogP contribution in [-0.4, -0.2) is 27.7 Å². The van der Waals surface area contributed by atoms with Crippen molar-refractivity contribution in [3.63, 3.8) is 0 Å². The third kappa shape index (κ3) is 1.85. The van der Waals surface area contributed by atoms with Crippen LogP contribution < -0.4 is 5.01 Å². The summed E-state index contributed by atoms with van der Waals surface area (Å²) >= 11 is 6.04. The van der Waals surface area contributed by atoms with Gasteiger partial charge in [-0.1, -0.05) is 0 Å². The Kier molecular flexibility index (Phi) is 3.12. The van der Waals surface area contributed by atoms with Crippen LogP contribution in [0.2, 0.25) is 0 Å². The van der Waals surface area contributed by atoms with Crippen molar-refractivity contribution in [2.75, 3.05) is 18.1 Å². The van der Waals surface area contributed by atoms with Crippen molar-refractivity contribution in [2.24, 2.45) is 0 Å². The summed E-state index contributed by atoms with van der Waals surface area (Å²) in [5.41, 5.74) is 3.06. The van der Waals surface area contributed by atoms with Crippen LogP contribution in [0, 0.1) is 6.92 Å². The first-order chi connectivity index (χ1) is 8.81. The lowest BCUT2D eigenvalue weighted by atomic mass is 10.2. The number of hydrogen-bond acceptors (Lipinski definition) is 3. The molecule has 0 aliphatic carbocycles. The van der Waals surface area contributed by atoms with Crippen LogP contribution in [0.5, 0.6) is 0 Å². The molecule has 0 aromatic carbocycles. The van der Waals surface area contributed by atoms with E-state index in [0.717, 1.165) is 35.6 Å². The van der Waals surface area contributed by atoms with Crippen LogP contribution in [0.3, 0.4) is 0 Å². The second-order valence-electron chi connectivity index (χ2n) is 4.79. The molecule has 2 aromatic heterocycles. The predicted octanol–water partition coefficient (Wildman–Crippen LogP) is 2.60. The van der Waals surface area contributed by atoms with Crippen LogP contribution >= 0.6 is 11.6 Å². The third-order valence-corrected chi connectivity index (χ3v) is 3.77. The number of alkyl halides is 1. The van der Waals surface area contributed by atoms with E-state index in [2.05, 4.69) is 26.6 Å². The van der Waals surface area contributed by atoms with E-state index < -0.39 is 0 Å². The van der Waals surface area contributed by atoms with Crippen molar-refractivity contribution in [1.29, 1.82) is 0 Å². The lowest BCUT2D eigenvalue weighted by molar-refractivity contribution is 0.477. The maximum absolute atomic E-state index is 6.04. The third-order valence-electron chi connectivity index (χ3n) is 3.53. The summed E-state index contributed by atoms with van der Waals surface area (Å²) in [7, 11) is 0. The Hall–Kier alpha value is -1.29. The first kappa shape index (κ1) is 11.8. The number of fused-ring (bicyclic) bond motifs is 1. The number of hydrogen-bond donors (Lipinski definition) is 0. The van der Waals surface area contributed by atoms with Crippen LogP contribution in [0.1, 0.15) is 30.7 Å². The maximum Gasteiger partial charge on any atom is 0.179 e. The minimum absolute atomic E-state index is 0.423. The van der Waals surface area contributed by atoms with Gasteiger partial charge in [-0.25, -0.2) is 14.6 Å². The summed E-state index contributed by atoms with van der Waals surface area (Å²) in [6.45, 7) is 4.19. The van der Waals surface area contributed by atoms with E-state index in [-0.39, 0.29) is 0 Å². The highest BCUT2D eigenvalue weighted by molar-refractivity contribution is 6.16. The molecule has 0 unspecified atom stereocenters. The average Bonchev–Trinajstić information content (AvgIpc) is 2.80. The Labute approximate surface area is 112 Å². The molecule has 1 saturated heterocycles. The van der Waals surface area contributed by atoms with Gasteiger partial charge in [0.1, 0.15) is 11.3 Å². The molecular formula is C13H17ClN4. The number of aryl methyl sites for hydroxylation is 1. The fourth-order valence-electron chi connectivity index (χ4n) is 2.59. The molecule has 3 heterocycles. The van der Waals surface area contributed by atoms with Gasteiger partial charge in [0.25, 0.3) is 0 Å². The largest absolute Gasteiger partial charge is 0.310 e. The van der Waals surface area contributed by atoms with Gasteiger partial charge >= 0.3 is 0 Å². The van der Waals surface area contributed by atoms with E-state index in [1.165, 1.54) is 19.3 Å². The van der Waals surface area contributed by atoms with Crippen LogP contribution in [0.4, 0.5) is 0 Å². The van der Waals surface area contributed by atoms with Crippen molar-refractivity contribution in [3.8, 4) is 0 Å². The molecule has 2 aromatic rings. The van der Waals surface area contributed by atoms with Gasteiger partial charge in [0, 0.05) is 19.3 Å². The Bertz CT molecular complexity index is 557. The number of halogens is 1. The monoisotopic (exact) mass is 264 g/mol. The van der Waals surface area contributed by atoms with Crippen molar-refractivity contribution >= 4 is 22.8 Å². The Morgan fingerprint density at radius 3 is 2.78 bits per heavy atom. The summed E-state index contributed by atoms with van der Waals surface area (Å²) in [6.07, 6.45) is 5.62. The maximum atomic E-state index is 6.04. The van der Waals surface area contributed by atoms with Gasteiger partial charge in [-0.05, 0) is 37.8 Å². The molecule has 4 nitrogen and oxygen atoms in total. The standard InChI is InChI=1S/C13H17ClN4/c1-10-5-6-15-13-12(10)16-11(9-14)18(13)17-7-3-2-4-8-17/h5-6H,2-4,7-9H2,1H3. The van der Waals surface area contributed by atoms with E-state index in [1.807, 2.05) is 12.3 Å². The lowest BCUT2D eigenvalue weighted by Gasteiger charge is -2.30. The molecule has 0 atom stereocenters. The molecule has 0 spiro atoms. The SMILES string of the molecule is Cc1ccnc2c1nc(CCl)n2N1CCCCC1. The van der Waals surface area contributed by atoms with Gasteiger partial charge in [0.05, 0.1) is 5.88 Å². The molecule has 1 aliphatic heterocycles. The quantitative estimate of drug-likeness (QED) is 0.782. The van der Waals surface area contributed by atoms with Crippen molar-refractivity contribution in [2.45, 2.75) is 32.1 Å². The van der Waals surface area contributed by atoms with E-state index in [4.69, 9.17) is 11.6 Å². The molecule has 0 amide bonds. The summed E-state index contributed by atoms with van der Waals surface area (Å²) in [6, 6.07) is 1.99. The topological polar surface area (TPSA) is 34.0 Å². The molecule has 18 heavy (non-hydrogen) atoms. The first-order valence-corrected chi connectivity index (χ1v) is 6.99. The Balaban J connectivity index is 2.16. The molecule has 1 aliphatic rings. The highest BCUT2D eigenvalue weighted by Crippen LogP contribution is 2.21. The number of rotatable bonds is 2. The summed E-state index contributed by atoms with van der Waals surface area (Å²) in [5, 5.41) is 2.32. The summed E-state index contributed by atoms with van der Waals surface area (Å²) < 4.78 is 2.12. The van der Waals surface area contributed by atoms with Gasteiger partial charge in [0.2, 0.25) is 0 Å². The van der Waals surface area contributed by atoms with Crippen LogP contribution in [0.15, 0.2) is 12.3 Å². The fourth-order valence-corrected chi connectivity index (χ4v) is 2.76. The second-order valence-corrected chi connectivity index (χ2v) is 5.06. The van der Waals surface area contributed by atoms with E-state index in [9.17, 15) is 0 Å². The minimum Gasteiger partial charge on any atom is -0.310 e. The average molecular weight is 265 g/mol. The highest BCUT2D eigenvalue weighted by atomic mass is 35.5. The summed E-state index contributed by atoms with van der Waals surface area (Å²) in [5.74, 6) is 1.32. The highest BCUT2D eigenvalue weighted by Gasteiger charge is 2.19. The van der Waals surface area contributed by atoms with Gasteiger partial charge in [-0.2, -0.15) is 0 Å². The molecule has 0 saturated carbocycles. The van der Waals surface area contributed by atoms with Crippen LogP contribution in [-0.2, 0) is 5.88 Å². The first-order valence-electron chi connectivity index (χ1n) is 6.45. The second kappa shape index (κ2) is 4.76. The zero-order valence-corrected chi connectivity index (χ0v) is 11.3. The molecule has 0 bridgehead atoms. The van der Waals surface area contributed by atoms with E-state index in [1.54, 1.807) is 0 Å². The minimum atomic E-state index is 0.423. The Morgan fingerprint density at radius 1 is 1.28 bits per heavy atom. The normalized spacial score (nSPS) is 16.4. The molecule has 1 fully saturated rings. The van der Waals surface area contributed by atoms with E-state index >= 15 is 0 Å². The molecule has 96 valence electrons. The number of nitrogens with zero attached hydrogens (tertiary/aromatic N) is 4. The lowest BCUT2D eigenvalue weighted by Crippen LogP contribution is -2.40. The molecule has 0 N–H and O–H groups in total. The number of piperidine rings is 1. The summed E-state index contributed by atoms with van der Waals surface area (Å²) in [4.78, 5) is 9.12. The van der Waals surface area contributed by atoms with Gasteiger partial charge in [-0.15, -0.1) is 11.6 Å². The fraction of sp³-hybridized carbons (Fsp3) is 0.538. The zero-order valence-electron chi connectivity index (χ0n) is 10.6. The van der Waals surface area contributed by atoms with Gasteiger partial charge in [0.15, 0.2) is 5.65 Å². The number of aromatic nitrogens is 3. The molecular weight excluding hydrogens is 248 g/mol. The zero-order chi connectivity index (χ0) is 12.5. The smallest absolute Gasteiger partial charge is 0.179 e. The molecule has 0 radical (unpaired) electrons. The van der Waals surface area contributed by atoms with Gasteiger partial charge < -0.3 is 5.01 Å². The number of pyridine rings is 1. The van der Waals surface area contributed by atoms with Crippen LogP contribution in [0.25, 0.3) is 11.2 Å². The molecule has 5 heteroatoms. The van der Waals surface area contributed by atoms with Crippen molar-refractivity contribution in [3.05, 3.63) is 23.7 Å². The Morgan fingerprint density at radius 2 is 2.06 bits per heavy atom. The van der Waals surface area contributed by atoms with Crippen molar-refractivity contribution < 1.29 is 0 Å². The van der Waals surface area contributed by atoms with Gasteiger partial charge in [-0.3, -0.25) is 0 Å². The van der Waals surface area contributed by atoms with Crippen molar-refractivity contribution in [1.82, 2.24) is 14.6 Å². The molecule has 3 rings (SSSR count).